The Hall–Kier alpha value is -1.14. The largest absolute Gasteiger partial charge is 0.497 e. The molecule has 0 aliphatic rings. The van der Waals surface area contributed by atoms with Crippen molar-refractivity contribution in [3.8, 4) is 5.75 Å². The van der Waals surface area contributed by atoms with Crippen LogP contribution in [0.15, 0.2) is 24.3 Å². The van der Waals surface area contributed by atoms with Crippen molar-refractivity contribution in [2.45, 2.75) is 19.1 Å². The van der Waals surface area contributed by atoms with Crippen LogP contribution in [0.3, 0.4) is 0 Å². The predicted octanol–water partition coefficient (Wildman–Crippen LogP) is 1.28. The van der Waals surface area contributed by atoms with Crippen LogP contribution in [-0.4, -0.2) is 63.6 Å². The number of rotatable bonds is 10. The fourth-order valence-corrected chi connectivity index (χ4v) is 2.15. The van der Waals surface area contributed by atoms with E-state index in [0.717, 1.165) is 12.3 Å². The van der Waals surface area contributed by atoms with Gasteiger partial charge in [0, 0.05) is 25.7 Å². The molecule has 0 heterocycles. The van der Waals surface area contributed by atoms with Crippen molar-refractivity contribution in [1.29, 1.82) is 0 Å². The molecular weight excluding hydrogens is 268 g/mol. The van der Waals surface area contributed by atoms with E-state index in [1.54, 1.807) is 7.11 Å². The highest BCUT2D eigenvalue weighted by molar-refractivity contribution is 5.30. The van der Waals surface area contributed by atoms with Gasteiger partial charge >= 0.3 is 0 Å². The van der Waals surface area contributed by atoms with E-state index >= 15 is 0 Å². The molecule has 1 aromatic carbocycles. The maximum atomic E-state index is 9.76. The molecular formula is C16H28N2O3. The zero-order chi connectivity index (χ0) is 15.7. The van der Waals surface area contributed by atoms with Crippen molar-refractivity contribution in [3.05, 3.63) is 29.8 Å². The monoisotopic (exact) mass is 296 g/mol. The molecule has 2 N–H and O–H groups in total. The molecule has 0 aliphatic heterocycles. The van der Waals surface area contributed by atoms with E-state index in [1.807, 2.05) is 39.2 Å². The standard InChI is InChI=1S/C16H28N2O3/c1-5-21-12-14(19)10-17-11-16(18(2)3)13-7-6-8-15(9-13)20-4/h6-9,14,16-17,19H,5,10-12H2,1-4H3. The lowest BCUT2D eigenvalue weighted by Crippen LogP contribution is -2.36. The van der Waals surface area contributed by atoms with Crippen molar-refractivity contribution >= 4 is 0 Å². The fraction of sp³-hybridized carbons (Fsp3) is 0.625. The van der Waals surface area contributed by atoms with Crippen LogP contribution in [0.5, 0.6) is 5.75 Å². The number of benzene rings is 1. The van der Waals surface area contributed by atoms with Crippen LogP contribution >= 0.6 is 0 Å². The summed E-state index contributed by atoms with van der Waals surface area (Å²) in [5, 5.41) is 13.1. The van der Waals surface area contributed by atoms with Crippen molar-refractivity contribution in [2.24, 2.45) is 0 Å². The summed E-state index contributed by atoms with van der Waals surface area (Å²) in [4.78, 5) is 2.15. The molecule has 0 amide bonds. The van der Waals surface area contributed by atoms with E-state index in [1.165, 1.54) is 5.56 Å². The number of aliphatic hydroxyl groups excluding tert-OH is 1. The molecule has 5 nitrogen and oxygen atoms in total. The Morgan fingerprint density at radius 3 is 2.67 bits per heavy atom. The molecule has 0 bridgehead atoms. The van der Waals surface area contributed by atoms with E-state index in [2.05, 4.69) is 16.3 Å². The predicted molar refractivity (Wildman–Crippen MR) is 84.8 cm³/mol. The summed E-state index contributed by atoms with van der Waals surface area (Å²) in [6.07, 6.45) is -0.474. The van der Waals surface area contributed by atoms with Crippen molar-refractivity contribution in [1.82, 2.24) is 10.2 Å². The average Bonchev–Trinajstić information content (AvgIpc) is 2.49. The number of ether oxygens (including phenoxy) is 2. The summed E-state index contributed by atoms with van der Waals surface area (Å²) in [6.45, 7) is 4.19. The number of hydrogen-bond donors (Lipinski definition) is 2. The summed E-state index contributed by atoms with van der Waals surface area (Å²) >= 11 is 0. The SMILES string of the molecule is CCOCC(O)CNCC(c1cccc(OC)c1)N(C)C. The lowest BCUT2D eigenvalue weighted by atomic mass is 10.1. The highest BCUT2D eigenvalue weighted by Crippen LogP contribution is 2.21. The highest BCUT2D eigenvalue weighted by Gasteiger charge is 2.15. The minimum Gasteiger partial charge on any atom is -0.497 e. The molecule has 120 valence electrons. The Morgan fingerprint density at radius 2 is 2.05 bits per heavy atom. The van der Waals surface area contributed by atoms with Crippen LogP contribution in [0.4, 0.5) is 0 Å². The van der Waals surface area contributed by atoms with Crippen LogP contribution in [0.25, 0.3) is 0 Å². The van der Waals surface area contributed by atoms with Gasteiger partial charge in [0.15, 0.2) is 0 Å². The molecule has 5 heteroatoms. The van der Waals surface area contributed by atoms with Gasteiger partial charge in [-0.3, -0.25) is 0 Å². The number of nitrogens with zero attached hydrogens (tertiary/aromatic N) is 1. The Bertz CT molecular complexity index is 399. The average molecular weight is 296 g/mol. The van der Waals surface area contributed by atoms with Gasteiger partial charge in [-0.1, -0.05) is 12.1 Å². The third kappa shape index (κ3) is 6.44. The minimum atomic E-state index is -0.474. The van der Waals surface area contributed by atoms with Gasteiger partial charge in [-0.05, 0) is 38.7 Å². The second kappa shape index (κ2) is 9.73. The quantitative estimate of drug-likeness (QED) is 0.681. The minimum absolute atomic E-state index is 0.222. The van der Waals surface area contributed by atoms with Crippen LogP contribution in [0, 0.1) is 0 Å². The number of hydrogen-bond acceptors (Lipinski definition) is 5. The van der Waals surface area contributed by atoms with E-state index in [-0.39, 0.29) is 6.04 Å². The maximum Gasteiger partial charge on any atom is 0.119 e. The van der Waals surface area contributed by atoms with Gasteiger partial charge in [0.25, 0.3) is 0 Å². The van der Waals surface area contributed by atoms with E-state index in [0.29, 0.717) is 19.8 Å². The first kappa shape index (κ1) is 17.9. The second-order valence-corrected chi connectivity index (χ2v) is 5.23. The third-order valence-corrected chi connectivity index (χ3v) is 3.33. The molecule has 0 radical (unpaired) electrons. The first-order valence-corrected chi connectivity index (χ1v) is 7.35. The molecule has 1 rings (SSSR count). The fourth-order valence-electron chi connectivity index (χ4n) is 2.15. The summed E-state index contributed by atoms with van der Waals surface area (Å²) in [5.74, 6) is 0.857. The van der Waals surface area contributed by atoms with E-state index in [4.69, 9.17) is 9.47 Å². The van der Waals surface area contributed by atoms with E-state index < -0.39 is 6.10 Å². The van der Waals surface area contributed by atoms with Gasteiger partial charge in [-0.2, -0.15) is 0 Å². The molecule has 1 aromatic rings. The molecule has 0 saturated heterocycles. The second-order valence-electron chi connectivity index (χ2n) is 5.23. The van der Waals surface area contributed by atoms with Crippen LogP contribution < -0.4 is 10.1 Å². The topological polar surface area (TPSA) is 54.0 Å². The Labute approximate surface area is 127 Å². The third-order valence-electron chi connectivity index (χ3n) is 3.33. The molecule has 0 saturated carbocycles. The van der Waals surface area contributed by atoms with Crippen molar-refractivity contribution in [2.75, 3.05) is 47.5 Å². The summed E-state index contributed by atoms with van der Waals surface area (Å²) < 4.78 is 10.5. The number of nitrogens with one attached hydrogen (secondary N) is 1. The normalized spacial score (nSPS) is 14.2. The summed E-state index contributed by atoms with van der Waals surface area (Å²) in [5.41, 5.74) is 1.19. The summed E-state index contributed by atoms with van der Waals surface area (Å²) in [6, 6.07) is 8.29. The number of methoxy groups -OCH3 is 1. The zero-order valence-electron chi connectivity index (χ0n) is 13.5. The van der Waals surface area contributed by atoms with Gasteiger partial charge in [0.1, 0.15) is 5.75 Å². The van der Waals surface area contributed by atoms with Crippen molar-refractivity contribution < 1.29 is 14.6 Å². The first-order chi connectivity index (χ1) is 10.1. The molecule has 21 heavy (non-hydrogen) atoms. The molecule has 2 unspecified atom stereocenters. The lowest BCUT2D eigenvalue weighted by Gasteiger charge is -2.26. The van der Waals surface area contributed by atoms with Crippen LogP contribution in [0.2, 0.25) is 0 Å². The number of aliphatic hydroxyl groups is 1. The number of likely N-dealkylation sites (N-methyl/N-ethyl adjacent to an activating group) is 1. The van der Waals surface area contributed by atoms with Crippen LogP contribution in [-0.2, 0) is 4.74 Å². The molecule has 0 aliphatic carbocycles. The van der Waals surface area contributed by atoms with Gasteiger partial charge in [-0.25, -0.2) is 0 Å². The van der Waals surface area contributed by atoms with Gasteiger partial charge in [0.05, 0.1) is 19.8 Å². The maximum absolute atomic E-state index is 9.76. The first-order valence-electron chi connectivity index (χ1n) is 7.35. The molecule has 0 spiro atoms. The smallest absolute Gasteiger partial charge is 0.119 e. The highest BCUT2D eigenvalue weighted by atomic mass is 16.5. The van der Waals surface area contributed by atoms with Gasteiger partial charge < -0.3 is 24.8 Å². The Morgan fingerprint density at radius 1 is 1.29 bits per heavy atom. The Balaban J connectivity index is 2.54. The Kier molecular flexibility index (Phi) is 8.30. The lowest BCUT2D eigenvalue weighted by molar-refractivity contribution is 0.0421. The van der Waals surface area contributed by atoms with Crippen molar-refractivity contribution in [3.63, 3.8) is 0 Å². The van der Waals surface area contributed by atoms with Crippen LogP contribution in [0.1, 0.15) is 18.5 Å². The molecule has 0 fully saturated rings. The molecule has 0 aromatic heterocycles. The van der Waals surface area contributed by atoms with E-state index in [9.17, 15) is 5.11 Å². The zero-order valence-corrected chi connectivity index (χ0v) is 13.5. The van der Waals surface area contributed by atoms with Gasteiger partial charge in [0.2, 0.25) is 0 Å². The molecule has 2 atom stereocenters. The summed E-state index contributed by atoms with van der Waals surface area (Å²) in [7, 11) is 5.76. The van der Waals surface area contributed by atoms with Gasteiger partial charge in [-0.15, -0.1) is 0 Å².